The highest BCUT2D eigenvalue weighted by molar-refractivity contribution is 5.93. The van der Waals surface area contributed by atoms with E-state index < -0.39 is 0 Å². The molecule has 0 aliphatic carbocycles. The van der Waals surface area contributed by atoms with Crippen LogP contribution in [-0.2, 0) is 13.6 Å². The molecule has 0 bridgehead atoms. The lowest BCUT2D eigenvalue weighted by atomic mass is 10.1. The third kappa shape index (κ3) is 3.81. The molecule has 1 aliphatic heterocycles. The van der Waals surface area contributed by atoms with Crippen LogP contribution >= 0.6 is 0 Å². The Balaban J connectivity index is 1.41. The Hall–Kier alpha value is -2.64. The lowest BCUT2D eigenvalue weighted by Gasteiger charge is -2.28. The number of nitrogens with one attached hydrogen (secondary N) is 1. The molecule has 1 fully saturated rings. The average molecular weight is 382 g/mol. The number of fused-ring (bicyclic) bond motifs is 1. The van der Waals surface area contributed by atoms with Crippen molar-refractivity contribution in [1.29, 1.82) is 0 Å². The third-order valence-electron chi connectivity index (χ3n) is 5.47. The molecular weight excluding hydrogens is 356 g/mol. The zero-order chi connectivity index (χ0) is 19.7. The minimum absolute atomic E-state index is 0.151. The molecule has 0 radical (unpaired) electrons. The number of amides is 1. The molecule has 148 valence electrons. The van der Waals surface area contributed by atoms with E-state index in [-0.39, 0.29) is 18.1 Å². The molecule has 4 rings (SSSR count). The van der Waals surface area contributed by atoms with Gasteiger partial charge in [-0.05, 0) is 31.4 Å². The maximum Gasteiger partial charge on any atom is 0.273 e. The van der Waals surface area contributed by atoms with Gasteiger partial charge in [-0.15, -0.1) is 0 Å². The Bertz CT molecular complexity index is 969. The van der Waals surface area contributed by atoms with Gasteiger partial charge in [-0.3, -0.25) is 9.69 Å². The van der Waals surface area contributed by atoms with E-state index in [1.54, 1.807) is 6.07 Å². The van der Waals surface area contributed by atoms with Crippen molar-refractivity contribution < 1.29 is 14.4 Å². The van der Waals surface area contributed by atoms with Crippen molar-refractivity contribution in [3.63, 3.8) is 0 Å². The van der Waals surface area contributed by atoms with Crippen LogP contribution in [0.25, 0.3) is 10.9 Å². The number of aliphatic hydroxyl groups excluding tert-OH is 1. The number of aromatic nitrogens is 2. The number of hydrogen-bond acceptors (Lipinski definition) is 5. The van der Waals surface area contributed by atoms with Crippen molar-refractivity contribution in [3.8, 4) is 0 Å². The molecule has 2 aromatic heterocycles. The lowest BCUT2D eigenvalue weighted by molar-refractivity contribution is 0.0748. The number of aryl methyl sites for hydroxylation is 1. The van der Waals surface area contributed by atoms with Gasteiger partial charge < -0.3 is 19.5 Å². The van der Waals surface area contributed by atoms with Crippen molar-refractivity contribution in [2.75, 3.05) is 13.1 Å². The molecule has 1 aliphatic rings. The quantitative estimate of drug-likeness (QED) is 0.709. The lowest BCUT2D eigenvalue weighted by Crippen LogP contribution is -2.35. The summed E-state index contributed by atoms with van der Waals surface area (Å²) in [7, 11) is 2.00. The van der Waals surface area contributed by atoms with Gasteiger partial charge in [0.15, 0.2) is 11.5 Å². The minimum atomic E-state index is -0.246. The first-order valence-electron chi connectivity index (χ1n) is 9.72. The predicted octanol–water partition coefficient (Wildman–Crippen LogP) is 2.61. The molecule has 3 heterocycles. The van der Waals surface area contributed by atoms with Crippen molar-refractivity contribution >= 4 is 16.8 Å². The number of carbonyl (C=O) groups is 1. The number of para-hydroxylation sites is 1. The standard InChI is InChI=1S/C21H26N4O3/c1-14(18-13-24(2)20-6-4-3-5-17(18)20)22-21(27)19-11-16(28-23-19)12-25-9-7-15(26)8-10-25/h3-6,11,13-15,26H,7-10,12H2,1-2H3,(H,22,27)/t14-/m0/s1. The molecule has 7 heteroatoms. The highest BCUT2D eigenvalue weighted by Crippen LogP contribution is 2.26. The van der Waals surface area contributed by atoms with Gasteiger partial charge in [0.1, 0.15) is 0 Å². The van der Waals surface area contributed by atoms with Crippen molar-refractivity contribution in [1.82, 2.24) is 19.9 Å². The second-order valence-electron chi connectivity index (χ2n) is 7.59. The zero-order valence-corrected chi connectivity index (χ0v) is 16.3. The first-order chi connectivity index (χ1) is 13.5. The van der Waals surface area contributed by atoms with Crippen LogP contribution < -0.4 is 5.32 Å². The van der Waals surface area contributed by atoms with Crippen molar-refractivity contribution in [2.45, 2.75) is 38.5 Å². The summed E-state index contributed by atoms with van der Waals surface area (Å²) in [4.78, 5) is 14.8. The van der Waals surface area contributed by atoms with E-state index in [2.05, 4.69) is 38.3 Å². The topological polar surface area (TPSA) is 83.5 Å². The maximum atomic E-state index is 12.6. The number of carbonyl (C=O) groups excluding carboxylic acids is 1. The number of benzene rings is 1. The van der Waals surface area contributed by atoms with Crippen LogP contribution in [0.3, 0.4) is 0 Å². The van der Waals surface area contributed by atoms with Gasteiger partial charge in [-0.1, -0.05) is 23.4 Å². The maximum absolute atomic E-state index is 12.6. The van der Waals surface area contributed by atoms with E-state index in [1.807, 2.05) is 26.1 Å². The molecule has 1 amide bonds. The van der Waals surface area contributed by atoms with Gasteiger partial charge >= 0.3 is 0 Å². The average Bonchev–Trinajstić information content (AvgIpc) is 3.29. The second-order valence-corrected chi connectivity index (χ2v) is 7.59. The van der Waals surface area contributed by atoms with Gasteiger partial charge in [-0.2, -0.15) is 0 Å². The molecule has 0 unspecified atom stereocenters. The van der Waals surface area contributed by atoms with Gasteiger partial charge in [0.2, 0.25) is 0 Å². The number of likely N-dealkylation sites (tertiary alicyclic amines) is 1. The van der Waals surface area contributed by atoms with E-state index >= 15 is 0 Å². The number of piperidine rings is 1. The summed E-state index contributed by atoms with van der Waals surface area (Å²) in [6, 6.07) is 9.70. The summed E-state index contributed by atoms with van der Waals surface area (Å²) in [6.45, 7) is 4.22. The number of nitrogens with zero attached hydrogens (tertiary/aromatic N) is 3. The summed E-state index contributed by atoms with van der Waals surface area (Å²) >= 11 is 0. The number of hydrogen-bond donors (Lipinski definition) is 2. The van der Waals surface area contributed by atoms with Crippen LogP contribution in [-0.4, -0.2) is 44.8 Å². The normalized spacial score (nSPS) is 17.1. The SMILES string of the molecule is C[C@H](NC(=O)c1cc(CN2CCC(O)CC2)on1)c1cn(C)c2ccccc12. The van der Waals surface area contributed by atoms with Gasteiger partial charge in [0, 0.05) is 43.3 Å². The molecule has 28 heavy (non-hydrogen) atoms. The Labute approximate surface area is 163 Å². The second kappa shape index (κ2) is 7.77. The number of rotatable bonds is 5. The van der Waals surface area contributed by atoms with E-state index in [9.17, 15) is 9.90 Å². The molecule has 1 aromatic carbocycles. The first-order valence-corrected chi connectivity index (χ1v) is 9.72. The Kier molecular flexibility index (Phi) is 5.19. The summed E-state index contributed by atoms with van der Waals surface area (Å²) in [6.07, 6.45) is 3.38. The van der Waals surface area contributed by atoms with E-state index in [4.69, 9.17) is 4.52 Å². The third-order valence-corrected chi connectivity index (χ3v) is 5.47. The fraction of sp³-hybridized carbons (Fsp3) is 0.429. The van der Waals surface area contributed by atoms with E-state index in [0.29, 0.717) is 18.0 Å². The monoisotopic (exact) mass is 382 g/mol. The van der Waals surface area contributed by atoms with Crippen LogP contribution in [0.15, 0.2) is 41.1 Å². The van der Waals surface area contributed by atoms with E-state index in [0.717, 1.165) is 42.4 Å². The molecule has 1 saturated heterocycles. The summed E-state index contributed by atoms with van der Waals surface area (Å²) < 4.78 is 7.42. The molecule has 0 spiro atoms. The van der Waals surface area contributed by atoms with Crippen LogP contribution in [0.2, 0.25) is 0 Å². The Morgan fingerprint density at radius 1 is 1.36 bits per heavy atom. The number of aliphatic hydroxyl groups is 1. The molecule has 0 saturated carbocycles. The molecule has 7 nitrogen and oxygen atoms in total. The Morgan fingerprint density at radius 3 is 2.89 bits per heavy atom. The highest BCUT2D eigenvalue weighted by Gasteiger charge is 2.21. The minimum Gasteiger partial charge on any atom is -0.393 e. The fourth-order valence-electron chi connectivity index (χ4n) is 3.86. The van der Waals surface area contributed by atoms with E-state index in [1.165, 1.54) is 0 Å². The smallest absolute Gasteiger partial charge is 0.273 e. The molecule has 3 aromatic rings. The molecule has 1 atom stereocenters. The first kappa shape index (κ1) is 18.7. The van der Waals surface area contributed by atoms with Gasteiger partial charge in [0.25, 0.3) is 5.91 Å². The molecule has 2 N–H and O–H groups in total. The zero-order valence-electron chi connectivity index (χ0n) is 16.3. The van der Waals surface area contributed by atoms with Gasteiger partial charge in [0.05, 0.1) is 18.7 Å². The Morgan fingerprint density at radius 2 is 2.11 bits per heavy atom. The summed E-state index contributed by atoms with van der Waals surface area (Å²) in [5.74, 6) is 0.420. The van der Waals surface area contributed by atoms with Crippen LogP contribution in [0.4, 0.5) is 0 Å². The molecular formula is C21H26N4O3. The highest BCUT2D eigenvalue weighted by atomic mass is 16.5. The fourth-order valence-corrected chi connectivity index (χ4v) is 3.86. The van der Waals surface area contributed by atoms with Crippen LogP contribution in [0.5, 0.6) is 0 Å². The largest absolute Gasteiger partial charge is 0.393 e. The van der Waals surface area contributed by atoms with Crippen molar-refractivity contribution in [2.24, 2.45) is 7.05 Å². The summed E-state index contributed by atoms with van der Waals surface area (Å²) in [5, 5.41) is 17.7. The summed E-state index contributed by atoms with van der Waals surface area (Å²) in [5.41, 5.74) is 2.50. The van der Waals surface area contributed by atoms with Crippen LogP contribution in [0, 0.1) is 0 Å². The van der Waals surface area contributed by atoms with Crippen molar-refractivity contribution in [3.05, 3.63) is 53.5 Å². The predicted molar refractivity (Wildman–Crippen MR) is 106 cm³/mol. The van der Waals surface area contributed by atoms with Gasteiger partial charge in [-0.25, -0.2) is 0 Å². The van der Waals surface area contributed by atoms with Crippen LogP contribution in [0.1, 0.15) is 47.6 Å².